The zero-order valence-corrected chi connectivity index (χ0v) is 26.7. The van der Waals surface area contributed by atoms with Crippen LogP contribution in [0.15, 0.2) is 97.1 Å². The van der Waals surface area contributed by atoms with Crippen LogP contribution in [0.3, 0.4) is 0 Å². The molecule has 1 aliphatic rings. The smallest absolute Gasteiger partial charge is 0.119 e. The van der Waals surface area contributed by atoms with Crippen molar-refractivity contribution < 1.29 is 14.2 Å². The van der Waals surface area contributed by atoms with Crippen molar-refractivity contribution in [2.24, 2.45) is 5.92 Å². The highest BCUT2D eigenvalue weighted by Gasteiger charge is 2.35. The molecule has 6 heteroatoms. The summed E-state index contributed by atoms with van der Waals surface area (Å²) in [4.78, 5) is 4.71. The van der Waals surface area contributed by atoms with Crippen molar-refractivity contribution in [1.29, 1.82) is 0 Å². The van der Waals surface area contributed by atoms with Gasteiger partial charge in [0.05, 0.1) is 32.5 Å². The fourth-order valence-corrected chi connectivity index (χ4v) is 6.09. The maximum absolute atomic E-state index is 6.73. The molecule has 3 unspecified atom stereocenters. The fourth-order valence-electron chi connectivity index (χ4n) is 6.09. The van der Waals surface area contributed by atoms with Gasteiger partial charge in [-0.3, -0.25) is 0 Å². The van der Waals surface area contributed by atoms with Gasteiger partial charge in [0, 0.05) is 38.5 Å². The summed E-state index contributed by atoms with van der Waals surface area (Å²) < 4.78 is 18.6. The molecule has 0 aliphatic carbocycles. The average molecular weight is 596 g/mol. The number of benzene rings is 4. The molecule has 1 aliphatic heterocycles. The van der Waals surface area contributed by atoms with Crippen LogP contribution in [-0.2, 0) is 22.7 Å². The monoisotopic (exact) mass is 595 g/mol. The van der Waals surface area contributed by atoms with Crippen molar-refractivity contribution in [1.82, 2.24) is 15.1 Å². The van der Waals surface area contributed by atoms with Crippen LogP contribution in [0.1, 0.15) is 29.0 Å². The first-order chi connectivity index (χ1) is 21.5. The summed E-state index contributed by atoms with van der Waals surface area (Å²) in [5, 5.41) is 6.20. The Kier molecular flexibility index (Phi) is 12.2. The number of nitrogens with one attached hydrogen (secondary N) is 1. The quantitative estimate of drug-likeness (QED) is 0.156. The van der Waals surface area contributed by atoms with Gasteiger partial charge in [-0.15, -0.1) is 0 Å². The molecule has 4 aromatic carbocycles. The number of rotatable bonds is 16. The highest BCUT2D eigenvalue weighted by Crippen LogP contribution is 2.34. The third kappa shape index (κ3) is 9.62. The third-order valence-corrected chi connectivity index (χ3v) is 8.49. The second kappa shape index (κ2) is 16.7. The zero-order valence-electron chi connectivity index (χ0n) is 26.7. The molecule has 5 rings (SSSR count). The lowest BCUT2D eigenvalue weighted by atomic mass is 9.78. The van der Waals surface area contributed by atoms with Crippen LogP contribution < -0.4 is 10.1 Å². The van der Waals surface area contributed by atoms with Gasteiger partial charge in [-0.25, -0.2) is 0 Å². The molecular weight excluding hydrogens is 546 g/mol. The SMILES string of the molecule is CN(C)CCN(C)CC1CNCC(OCc2ccc3ccccc3c2)C1c1ccc(OCCCOCc2ccccc2)cc1. The van der Waals surface area contributed by atoms with Crippen molar-refractivity contribution in [3.63, 3.8) is 0 Å². The van der Waals surface area contributed by atoms with Crippen LogP contribution in [0.2, 0.25) is 0 Å². The van der Waals surface area contributed by atoms with E-state index in [0.717, 1.165) is 44.9 Å². The predicted octanol–water partition coefficient (Wildman–Crippen LogP) is 6.21. The van der Waals surface area contributed by atoms with Crippen LogP contribution in [0.5, 0.6) is 5.75 Å². The summed E-state index contributed by atoms with van der Waals surface area (Å²) in [6.45, 7) is 7.49. The van der Waals surface area contributed by atoms with E-state index >= 15 is 0 Å². The van der Waals surface area contributed by atoms with Gasteiger partial charge >= 0.3 is 0 Å². The number of fused-ring (bicyclic) bond motifs is 1. The lowest BCUT2D eigenvalue weighted by Crippen LogP contribution is -2.50. The molecule has 44 heavy (non-hydrogen) atoms. The topological polar surface area (TPSA) is 46.2 Å². The maximum atomic E-state index is 6.73. The standard InChI is InChI=1S/C38H49N3O3/c1-40(2)20-21-41(3)27-35-25-39-26-37(44-29-31-14-15-32-12-7-8-13-34(32)24-31)38(35)33-16-18-36(19-17-33)43-23-9-22-42-28-30-10-5-4-6-11-30/h4-8,10-19,24,35,37-39H,9,20-23,25-29H2,1-3H3. The number of hydrogen-bond acceptors (Lipinski definition) is 6. The Morgan fingerprint density at radius 1 is 0.727 bits per heavy atom. The van der Waals surface area contributed by atoms with Gasteiger partial charge in [0.2, 0.25) is 0 Å². The minimum atomic E-state index is 0.0796. The Labute approximate surface area is 263 Å². The van der Waals surface area contributed by atoms with E-state index in [-0.39, 0.29) is 6.10 Å². The number of likely N-dealkylation sites (N-methyl/N-ethyl adjacent to an activating group) is 2. The van der Waals surface area contributed by atoms with E-state index in [0.29, 0.717) is 38.3 Å². The normalized spacial score (nSPS) is 18.7. The Morgan fingerprint density at radius 2 is 1.50 bits per heavy atom. The molecule has 4 aromatic rings. The summed E-state index contributed by atoms with van der Waals surface area (Å²) in [7, 11) is 6.51. The van der Waals surface area contributed by atoms with Crippen molar-refractivity contribution in [2.75, 3.05) is 67.1 Å². The van der Waals surface area contributed by atoms with Gasteiger partial charge in [0.1, 0.15) is 5.75 Å². The van der Waals surface area contributed by atoms with Gasteiger partial charge in [-0.1, -0.05) is 78.9 Å². The van der Waals surface area contributed by atoms with Gasteiger partial charge in [0.15, 0.2) is 0 Å². The molecule has 1 N–H and O–H groups in total. The molecule has 234 valence electrons. The van der Waals surface area contributed by atoms with Crippen molar-refractivity contribution in [3.05, 3.63) is 114 Å². The molecule has 0 spiro atoms. The maximum Gasteiger partial charge on any atom is 0.119 e. The van der Waals surface area contributed by atoms with Gasteiger partial charge < -0.3 is 29.3 Å². The molecule has 0 aromatic heterocycles. The second-order valence-electron chi connectivity index (χ2n) is 12.3. The van der Waals surface area contributed by atoms with E-state index in [4.69, 9.17) is 14.2 Å². The Balaban J connectivity index is 1.20. The summed E-state index contributed by atoms with van der Waals surface area (Å²) in [6, 6.07) is 34.2. The van der Waals surface area contributed by atoms with Gasteiger partial charge in [0.25, 0.3) is 0 Å². The molecule has 0 bridgehead atoms. The number of nitrogens with zero attached hydrogens (tertiary/aromatic N) is 2. The van der Waals surface area contributed by atoms with E-state index in [2.05, 4.69) is 115 Å². The van der Waals surface area contributed by atoms with Crippen LogP contribution in [0.25, 0.3) is 10.8 Å². The second-order valence-corrected chi connectivity index (χ2v) is 12.3. The van der Waals surface area contributed by atoms with Crippen LogP contribution >= 0.6 is 0 Å². The first kappa shape index (κ1) is 32.1. The molecular formula is C38H49N3O3. The lowest BCUT2D eigenvalue weighted by Gasteiger charge is -2.40. The van der Waals surface area contributed by atoms with Crippen molar-refractivity contribution in [3.8, 4) is 5.75 Å². The molecule has 0 radical (unpaired) electrons. The van der Waals surface area contributed by atoms with Crippen molar-refractivity contribution in [2.45, 2.75) is 31.7 Å². The highest BCUT2D eigenvalue weighted by atomic mass is 16.5. The Bertz CT molecular complexity index is 1400. The van der Waals surface area contributed by atoms with Crippen LogP contribution in [-0.4, -0.2) is 83.0 Å². The molecule has 1 heterocycles. The van der Waals surface area contributed by atoms with Crippen LogP contribution in [0, 0.1) is 5.92 Å². The van der Waals surface area contributed by atoms with Gasteiger partial charge in [-0.2, -0.15) is 0 Å². The molecule has 6 nitrogen and oxygen atoms in total. The summed E-state index contributed by atoms with van der Waals surface area (Å²) in [5.41, 5.74) is 3.73. The molecule has 0 saturated carbocycles. The first-order valence-electron chi connectivity index (χ1n) is 16.0. The van der Waals surface area contributed by atoms with E-state index in [1.807, 2.05) is 18.2 Å². The molecule has 0 amide bonds. The summed E-state index contributed by atoms with van der Waals surface area (Å²) in [5.74, 6) is 1.63. The molecule has 3 atom stereocenters. The summed E-state index contributed by atoms with van der Waals surface area (Å²) >= 11 is 0. The average Bonchev–Trinajstić information content (AvgIpc) is 3.05. The fraction of sp³-hybridized carbons (Fsp3) is 0.421. The van der Waals surface area contributed by atoms with E-state index in [1.54, 1.807) is 0 Å². The minimum Gasteiger partial charge on any atom is -0.494 e. The van der Waals surface area contributed by atoms with E-state index < -0.39 is 0 Å². The predicted molar refractivity (Wildman–Crippen MR) is 180 cm³/mol. The number of ether oxygens (including phenoxy) is 3. The molecule has 1 saturated heterocycles. The first-order valence-corrected chi connectivity index (χ1v) is 16.0. The Morgan fingerprint density at radius 3 is 2.30 bits per heavy atom. The van der Waals surface area contributed by atoms with E-state index in [9.17, 15) is 0 Å². The van der Waals surface area contributed by atoms with Crippen molar-refractivity contribution >= 4 is 10.8 Å². The highest BCUT2D eigenvalue weighted by molar-refractivity contribution is 5.82. The van der Waals surface area contributed by atoms with Crippen LogP contribution in [0.4, 0.5) is 0 Å². The third-order valence-electron chi connectivity index (χ3n) is 8.49. The number of hydrogen-bond donors (Lipinski definition) is 1. The van der Waals surface area contributed by atoms with Gasteiger partial charge in [-0.05, 0) is 79.3 Å². The summed E-state index contributed by atoms with van der Waals surface area (Å²) in [6.07, 6.45) is 0.936. The zero-order chi connectivity index (χ0) is 30.6. The molecule has 1 fully saturated rings. The Hall–Kier alpha value is -3.26. The van der Waals surface area contributed by atoms with E-state index in [1.165, 1.54) is 27.5 Å². The number of piperidine rings is 1. The largest absolute Gasteiger partial charge is 0.494 e. The lowest BCUT2D eigenvalue weighted by molar-refractivity contribution is -0.0105. The minimum absolute atomic E-state index is 0.0796.